The van der Waals surface area contributed by atoms with Crippen molar-refractivity contribution < 1.29 is 8.78 Å². The fourth-order valence-electron chi connectivity index (χ4n) is 0.716. The molecular weight excluding hydrogens is 180 g/mol. The molecule has 0 spiro atoms. The summed E-state index contributed by atoms with van der Waals surface area (Å²) in [4.78, 5) is 3.21. The van der Waals surface area contributed by atoms with Gasteiger partial charge in [-0.2, -0.15) is 17.0 Å². The van der Waals surface area contributed by atoms with Crippen LogP contribution in [0.1, 0.15) is 5.56 Å². The van der Waals surface area contributed by atoms with Crippen molar-refractivity contribution in [2.24, 2.45) is 0 Å². The van der Waals surface area contributed by atoms with E-state index in [2.05, 4.69) is 17.6 Å². The fraction of sp³-hybridized carbons (Fsp3) is 0.125. The molecule has 1 rings (SSSR count). The Hall–Kier alpha value is -0.900. The summed E-state index contributed by atoms with van der Waals surface area (Å²) in [6.45, 7) is 0. The number of thiol groups is 1. The summed E-state index contributed by atoms with van der Waals surface area (Å²) in [6.07, 6.45) is 4.61. The van der Waals surface area contributed by atoms with Crippen molar-refractivity contribution in [1.29, 1.82) is 0 Å². The Balaban J connectivity index is 2.89. The highest BCUT2D eigenvalue weighted by atomic mass is 32.1. The Morgan fingerprint density at radius 1 is 1.50 bits per heavy atom. The van der Waals surface area contributed by atoms with E-state index in [0.717, 1.165) is 6.07 Å². The molecule has 0 aromatic carbocycles. The van der Waals surface area contributed by atoms with Crippen LogP contribution in [0.25, 0.3) is 6.08 Å². The van der Waals surface area contributed by atoms with Gasteiger partial charge < -0.3 is 0 Å². The number of hydrogen-bond acceptors (Lipinski definition) is 2. The van der Waals surface area contributed by atoms with E-state index in [0.29, 0.717) is 11.3 Å². The van der Waals surface area contributed by atoms with Crippen LogP contribution in [0.15, 0.2) is 18.3 Å². The maximum absolute atomic E-state index is 12.5. The molecule has 1 aromatic heterocycles. The molecule has 0 aliphatic heterocycles. The van der Waals surface area contributed by atoms with E-state index in [1.807, 2.05) is 0 Å². The lowest BCUT2D eigenvalue weighted by atomic mass is 10.2. The van der Waals surface area contributed by atoms with E-state index in [-0.39, 0.29) is 0 Å². The summed E-state index contributed by atoms with van der Waals surface area (Å²) in [5.41, 5.74) is 0.531. The highest BCUT2D eigenvalue weighted by Crippen LogP contribution is 2.06. The molecule has 12 heavy (non-hydrogen) atoms. The largest absolute Gasteiger partial charge is 0.248 e. The second-order valence-electron chi connectivity index (χ2n) is 2.13. The lowest BCUT2D eigenvalue weighted by Gasteiger charge is -1.93. The summed E-state index contributed by atoms with van der Waals surface area (Å²) in [6, 6.07) is 1.09. The molecule has 64 valence electrons. The topological polar surface area (TPSA) is 12.9 Å². The van der Waals surface area contributed by atoms with Crippen LogP contribution in [-0.4, -0.2) is 10.7 Å². The zero-order valence-corrected chi connectivity index (χ0v) is 7.06. The van der Waals surface area contributed by atoms with Gasteiger partial charge in [0.1, 0.15) is 0 Å². The van der Waals surface area contributed by atoms with Crippen molar-refractivity contribution in [2.75, 3.05) is 5.75 Å². The highest BCUT2D eigenvalue weighted by molar-refractivity contribution is 7.80. The van der Waals surface area contributed by atoms with E-state index >= 15 is 0 Å². The van der Waals surface area contributed by atoms with Gasteiger partial charge in [0, 0.05) is 11.9 Å². The van der Waals surface area contributed by atoms with Gasteiger partial charge in [-0.1, -0.05) is 12.2 Å². The number of rotatable bonds is 2. The van der Waals surface area contributed by atoms with Crippen molar-refractivity contribution in [3.63, 3.8) is 0 Å². The molecule has 0 atom stereocenters. The van der Waals surface area contributed by atoms with E-state index in [1.54, 1.807) is 12.2 Å². The summed E-state index contributed by atoms with van der Waals surface area (Å²) >= 11 is 3.92. The van der Waals surface area contributed by atoms with Gasteiger partial charge in [0.25, 0.3) is 0 Å². The van der Waals surface area contributed by atoms with Crippen molar-refractivity contribution in [1.82, 2.24) is 4.98 Å². The summed E-state index contributed by atoms with van der Waals surface area (Å²) in [5, 5.41) is 0. The van der Waals surface area contributed by atoms with Gasteiger partial charge in [0.15, 0.2) is 5.82 Å². The minimum absolute atomic E-state index is 0.531. The van der Waals surface area contributed by atoms with Crippen LogP contribution in [0.5, 0.6) is 0 Å². The van der Waals surface area contributed by atoms with Gasteiger partial charge in [-0.3, -0.25) is 0 Å². The average Bonchev–Trinajstić information content (AvgIpc) is 2.07. The third-order valence-corrected chi connectivity index (χ3v) is 1.44. The molecule has 1 heterocycles. The van der Waals surface area contributed by atoms with Crippen LogP contribution >= 0.6 is 12.6 Å². The third-order valence-electron chi connectivity index (χ3n) is 1.23. The lowest BCUT2D eigenvalue weighted by Crippen LogP contribution is -1.89. The van der Waals surface area contributed by atoms with Crippen LogP contribution < -0.4 is 0 Å². The summed E-state index contributed by atoms with van der Waals surface area (Å²) in [5.74, 6) is -1.45. The van der Waals surface area contributed by atoms with Crippen molar-refractivity contribution in [3.8, 4) is 0 Å². The van der Waals surface area contributed by atoms with Gasteiger partial charge >= 0.3 is 0 Å². The predicted octanol–water partition coefficient (Wildman–Crippen LogP) is 2.30. The molecule has 1 aromatic rings. The van der Waals surface area contributed by atoms with Gasteiger partial charge in [-0.15, -0.1) is 0 Å². The maximum Gasteiger partial charge on any atom is 0.248 e. The first-order chi connectivity index (χ1) is 5.74. The Labute approximate surface area is 74.5 Å². The van der Waals surface area contributed by atoms with Gasteiger partial charge in [0.2, 0.25) is 5.95 Å². The Morgan fingerprint density at radius 3 is 2.83 bits per heavy atom. The lowest BCUT2D eigenvalue weighted by molar-refractivity contribution is 0.479. The molecule has 0 bridgehead atoms. The highest BCUT2D eigenvalue weighted by Gasteiger charge is 2.00. The normalized spacial score (nSPS) is 10.9. The second kappa shape index (κ2) is 4.21. The van der Waals surface area contributed by atoms with E-state index in [9.17, 15) is 8.78 Å². The monoisotopic (exact) mass is 187 g/mol. The third kappa shape index (κ3) is 2.30. The molecule has 1 nitrogen and oxygen atoms in total. The van der Waals surface area contributed by atoms with Gasteiger partial charge in [-0.25, -0.2) is 9.37 Å². The number of aromatic nitrogens is 1. The molecular formula is C8H7F2NS. The smallest absolute Gasteiger partial charge is 0.225 e. The van der Waals surface area contributed by atoms with Gasteiger partial charge in [-0.05, 0) is 11.6 Å². The molecule has 0 aliphatic carbocycles. The maximum atomic E-state index is 12.5. The second-order valence-corrected chi connectivity index (χ2v) is 2.49. The minimum atomic E-state index is -1.07. The molecule has 4 heteroatoms. The average molecular weight is 187 g/mol. The first-order valence-electron chi connectivity index (χ1n) is 3.32. The molecule has 0 N–H and O–H groups in total. The summed E-state index contributed by atoms with van der Waals surface area (Å²) < 4.78 is 24.8. The minimum Gasteiger partial charge on any atom is -0.225 e. The SMILES string of the molecule is Fc1cc(C=CCS)cnc1F. The molecule has 0 radical (unpaired) electrons. The van der Waals surface area contributed by atoms with E-state index < -0.39 is 11.8 Å². The number of halogens is 2. The molecule has 0 aliphatic rings. The Bertz CT molecular complexity index is 299. The first-order valence-corrected chi connectivity index (χ1v) is 3.95. The number of pyridine rings is 1. The number of hydrogen-bond donors (Lipinski definition) is 1. The quantitative estimate of drug-likeness (QED) is 0.553. The zero-order chi connectivity index (χ0) is 8.97. The molecule has 0 amide bonds. The van der Waals surface area contributed by atoms with Crippen molar-refractivity contribution in [3.05, 3.63) is 35.7 Å². The van der Waals surface area contributed by atoms with Crippen LogP contribution in [0, 0.1) is 11.8 Å². The molecule has 0 saturated heterocycles. The van der Waals surface area contributed by atoms with Crippen LogP contribution in [0.4, 0.5) is 8.78 Å². The molecule has 0 unspecified atom stereocenters. The van der Waals surface area contributed by atoms with Crippen LogP contribution in [0.2, 0.25) is 0 Å². The molecule has 0 saturated carbocycles. The number of nitrogens with zero attached hydrogens (tertiary/aromatic N) is 1. The molecule has 0 fully saturated rings. The Kier molecular flexibility index (Phi) is 3.22. The van der Waals surface area contributed by atoms with Crippen molar-refractivity contribution in [2.45, 2.75) is 0 Å². The Morgan fingerprint density at radius 2 is 2.25 bits per heavy atom. The van der Waals surface area contributed by atoms with Crippen LogP contribution in [-0.2, 0) is 0 Å². The van der Waals surface area contributed by atoms with E-state index in [4.69, 9.17) is 0 Å². The van der Waals surface area contributed by atoms with Crippen molar-refractivity contribution >= 4 is 18.7 Å². The first kappa shape index (κ1) is 9.19. The predicted molar refractivity (Wildman–Crippen MR) is 47.0 cm³/mol. The van der Waals surface area contributed by atoms with Gasteiger partial charge in [0.05, 0.1) is 0 Å². The fourth-order valence-corrected chi connectivity index (χ4v) is 0.821. The van der Waals surface area contributed by atoms with Crippen LogP contribution in [0.3, 0.4) is 0 Å². The summed E-state index contributed by atoms with van der Waals surface area (Å²) in [7, 11) is 0. The van der Waals surface area contributed by atoms with E-state index in [1.165, 1.54) is 6.20 Å². The standard InChI is InChI=1S/C8H7F2NS/c9-7-4-6(2-1-3-12)5-11-8(7)10/h1-2,4-5,12H,3H2. The zero-order valence-electron chi connectivity index (χ0n) is 6.17.